The Kier molecular flexibility index (Phi) is 20.9. The van der Waals surface area contributed by atoms with Crippen LogP contribution in [0.5, 0.6) is 0 Å². The molecule has 65 heavy (non-hydrogen) atoms. The van der Waals surface area contributed by atoms with Gasteiger partial charge < -0.3 is 47.6 Å². The third kappa shape index (κ3) is 16.1. The van der Waals surface area contributed by atoms with Gasteiger partial charge in [-0.25, -0.2) is 24.5 Å². The monoisotopic (exact) mass is 990 g/mol. The molecule has 1 saturated heterocycles. The number of carbonyl (C=O) groups is 2. The summed E-state index contributed by atoms with van der Waals surface area (Å²) in [6.07, 6.45) is 14.1. The zero-order chi connectivity index (χ0) is 47.1. The molecule has 0 radical (unpaired) electrons. The van der Waals surface area contributed by atoms with Gasteiger partial charge in [0.2, 0.25) is 0 Å². The number of carbonyl (C=O) groups excluding carboxylic acids is 2. The first-order valence-corrected chi connectivity index (χ1v) is 22.7. The van der Waals surface area contributed by atoms with E-state index in [1.54, 1.807) is 9.80 Å². The molecule has 7 rings (SSSR count). The van der Waals surface area contributed by atoms with Crippen LogP contribution in [0.1, 0.15) is 125 Å². The summed E-state index contributed by atoms with van der Waals surface area (Å²) in [4.78, 5) is 40.3. The smallest absolute Gasteiger partial charge is 0.444 e. The summed E-state index contributed by atoms with van der Waals surface area (Å²) < 4.78 is 30.0. The molecule has 0 bridgehead atoms. The van der Waals surface area contributed by atoms with Gasteiger partial charge in [-0.2, -0.15) is 0 Å². The van der Waals surface area contributed by atoms with Gasteiger partial charge in [-0.1, -0.05) is 25.7 Å². The molecule has 0 spiro atoms. The number of ether oxygens (including phenoxy) is 2. The zero-order valence-electron chi connectivity index (χ0n) is 41.2. The topological polar surface area (TPSA) is 143 Å². The Labute approximate surface area is 404 Å². The molecule has 4 aliphatic heterocycles. The van der Waals surface area contributed by atoms with Gasteiger partial charge in [-0.15, -0.1) is 12.4 Å². The van der Waals surface area contributed by atoms with Gasteiger partial charge >= 0.3 is 19.3 Å². The molecule has 364 valence electrons. The molecule has 1 fully saturated rings. The Morgan fingerprint density at radius 2 is 1.12 bits per heavy atom. The van der Waals surface area contributed by atoms with Crippen LogP contribution in [0, 0.1) is 20.8 Å². The van der Waals surface area contributed by atoms with Gasteiger partial charge in [0.1, 0.15) is 22.9 Å². The van der Waals surface area contributed by atoms with E-state index in [-0.39, 0.29) is 50.3 Å². The predicted molar refractivity (Wildman–Crippen MR) is 268 cm³/mol. The van der Waals surface area contributed by atoms with E-state index in [1.165, 1.54) is 16.8 Å². The Bertz CT molecular complexity index is 2110. The van der Waals surface area contributed by atoms with Crippen molar-refractivity contribution in [1.29, 1.82) is 0 Å². The van der Waals surface area contributed by atoms with Crippen molar-refractivity contribution in [3.63, 3.8) is 0 Å². The quantitative estimate of drug-likeness (QED) is 0.252. The fourth-order valence-electron chi connectivity index (χ4n) is 6.63. The summed E-state index contributed by atoms with van der Waals surface area (Å²) in [6.45, 7) is 30.0. The molecule has 4 aliphatic rings. The van der Waals surface area contributed by atoms with Crippen molar-refractivity contribution >= 4 is 58.8 Å². The van der Waals surface area contributed by atoms with Crippen molar-refractivity contribution in [2.75, 3.05) is 39.3 Å². The van der Waals surface area contributed by atoms with Crippen LogP contribution in [-0.4, -0.2) is 119 Å². The van der Waals surface area contributed by atoms with E-state index in [0.717, 1.165) is 65.6 Å². The number of nitrogens with zero attached hydrogens (tertiary/aromatic N) is 8. The van der Waals surface area contributed by atoms with Crippen LogP contribution in [0.25, 0.3) is 11.1 Å². The first-order chi connectivity index (χ1) is 29.2. The number of rotatable bonds is 3. The summed E-state index contributed by atoms with van der Waals surface area (Å²) in [5.41, 5.74) is 5.61. The molecule has 0 saturated carbocycles. The lowest BCUT2D eigenvalue weighted by Crippen LogP contribution is -2.41. The molecule has 7 heterocycles. The van der Waals surface area contributed by atoms with E-state index in [0.29, 0.717) is 26.2 Å². The zero-order valence-corrected chi connectivity index (χ0v) is 43.6. The van der Waals surface area contributed by atoms with Gasteiger partial charge in [0.05, 0.1) is 11.2 Å². The molecule has 1 N–H and O–H groups in total. The molecule has 3 aromatic heterocycles. The van der Waals surface area contributed by atoms with Crippen LogP contribution in [-0.2, 0) is 39.9 Å². The van der Waals surface area contributed by atoms with Crippen molar-refractivity contribution in [3.8, 4) is 0 Å². The standard InChI is InChI=1S/C16H28BNO4.C15H23N3O2.C10H15N3.C5H7BrN2.CH4.ClH/c1-14(2,3)20-13(19)18-10-8-12(9-11-18)17-21-15(4,5)16(6,7)22-17;1-11-10-16-13(17(11)5)12-6-8-18(9-7-12)14(19)20-15(2,3)4;1-8-7-12-10(13(8)2)9-3-5-11-6-4-9;1-4-3-7-5(6)8(4)2;;/h8H,9-11H2,1-7H3;6,10H,7-9H2,1-5H3;3,7,11H,4-6H2,1-2H3;3H,1-2H3;1H4;1H. The summed E-state index contributed by atoms with van der Waals surface area (Å²) in [7, 11) is 5.73. The lowest BCUT2D eigenvalue weighted by atomic mass is 9.75. The normalized spacial score (nSPS) is 17.8. The number of amides is 2. The highest BCUT2D eigenvalue weighted by atomic mass is 79.9. The molecule has 15 nitrogen and oxygen atoms in total. The molecular weight excluding hydrogens is 913 g/mol. The number of hydrogen-bond acceptors (Lipinski definition) is 10. The van der Waals surface area contributed by atoms with E-state index in [9.17, 15) is 9.59 Å². The van der Waals surface area contributed by atoms with Crippen molar-refractivity contribution in [1.82, 2.24) is 43.8 Å². The Morgan fingerprint density at radius 3 is 1.43 bits per heavy atom. The second kappa shape index (κ2) is 23.7. The minimum atomic E-state index is -0.465. The highest BCUT2D eigenvalue weighted by Crippen LogP contribution is 2.39. The van der Waals surface area contributed by atoms with Gasteiger partial charge in [-0.05, 0) is 148 Å². The lowest BCUT2D eigenvalue weighted by molar-refractivity contribution is 0.00578. The SMILES string of the molecule is C.CC(C)(C)OC(=O)N1CC=C(B2OC(C)(C)C(C)(C)O2)CC1.Cc1cnc(Br)n1C.Cc1cnc(C2=CCN(C(=O)OC(C)(C)C)CC2)n1C.Cc1cnc(C2=CCNCC2)n1C.Cl. The maximum Gasteiger partial charge on any atom is 0.490 e. The first-order valence-electron chi connectivity index (χ1n) is 21.9. The first kappa shape index (κ1) is 57.2. The van der Waals surface area contributed by atoms with Crippen molar-refractivity contribution < 1.29 is 28.4 Å². The van der Waals surface area contributed by atoms with Crippen LogP contribution in [0.4, 0.5) is 9.59 Å². The molecule has 0 atom stereocenters. The number of aryl methyl sites for hydroxylation is 3. The van der Waals surface area contributed by atoms with E-state index < -0.39 is 11.2 Å². The van der Waals surface area contributed by atoms with Crippen molar-refractivity contribution in [2.24, 2.45) is 21.1 Å². The average molecular weight is 991 g/mol. The minimum absolute atomic E-state index is 0. The van der Waals surface area contributed by atoms with Gasteiger partial charge in [0.25, 0.3) is 0 Å². The second-order valence-electron chi connectivity index (χ2n) is 19.4. The van der Waals surface area contributed by atoms with E-state index in [4.69, 9.17) is 18.8 Å². The molecule has 3 aromatic rings. The van der Waals surface area contributed by atoms with Crippen LogP contribution in [0.2, 0.25) is 0 Å². The van der Waals surface area contributed by atoms with Gasteiger partial charge in [0.15, 0.2) is 4.73 Å². The molecule has 18 heteroatoms. The maximum atomic E-state index is 12.1. The number of imidazole rings is 3. The third-order valence-corrected chi connectivity index (χ3v) is 12.3. The van der Waals surface area contributed by atoms with Crippen LogP contribution in [0.15, 0.2) is 47.0 Å². The van der Waals surface area contributed by atoms with Gasteiger partial charge in [0, 0.05) is 89.5 Å². The summed E-state index contributed by atoms with van der Waals surface area (Å²) in [5, 5.41) is 3.30. The average Bonchev–Trinajstić information content (AvgIpc) is 3.89. The molecule has 2 amide bonds. The molecule has 0 aliphatic carbocycles. The van der Waals surface area contributed by atoms with Crippen LogP contribution >= 0.6 is 28.3 Å². The highest BCUT2D eigenvalue weighted by Gasteiger charge is 2.52. The van der Waals surface area contributed by atoms with Gasteiger partial charge in [-0.3, -0.25) is 0 Å². The molecule has 0 unspecified atom stereocenters. The summed E-state index contributed by atoms with van der Waals surface area (Å²) in [6, 6.07) is 0. The largest absolute Gasteiger partial charge is 0.490 e. The molecular formula is C47H78BBrClN9O6. The summed E-state index contributed by atoms with van der Waals surface area (Å²) >= 11 is 3.27. The Morgan fingerprint density at radius 1 is 0.692 bits per heavy atom. The van der Waals surface area contributed by atoms with Crippen molar-refractivity contribution in [3.05, 3.63) is 75.8 Å². The van der Waals surface area contributed by atoms with Crippen molar-refractivity contribution in [2.45, 2.75) is 139 Å². The highest BCUT2D eigenvalue weighted by molar-refractivity contribution is 9.10. The number of nitrogens with one attached hydrogen (secondary N) is 1. The number of halogens is 2. The summed E-state index contributed by atoms with van der Waals surface area (Å²) in [5.74, 6) is 2.12. The van der Waals surface area contributed by atoms with Crippen LogP contribution in [0.3, 0.4) is 0 Å². The number of aromatic nitrogens is 6. The number of hydrogen-bond donors (Lipinski definition) is 1. The fourth-order valence-corrected chi connectivity index (χ4v) is 7.01. The fraction of sp³-hybridized carbons (Fsp3) is 0.638. The van der Waals surface area contributed by atoms with Crippen LogP contribution < -0.4 is 5.32 Å². The third-order valence-electron chi connectivity index (χ3n) is 11.6. The Hall–Kier alpha value is -3.90. The van der Waals surface area contributed by atoms with E-state index >= 15 is 0 Å². The lowest BCUT2D eigenvalue weighted by Gasteiger charge is -2.32. The molecule has 0 aromatic carbocycles. The maximum absolute atomic E-state index is 12.1. The van der Waals surface area contributed by atoms with E-state index in [2.05, 4.69) is 71.5 Å². The minimum Gasteiger partial charge on any atom is -0.444 e. The predicted octanol–water partition coefficient (Wildman–Crippen LogP) is 9.59. The van der Waals surface area contributed by atoms with E-state index in [1.807, 2.05) is 126 Å². The Balaban J connectivity index is 0.000000310. The second-order valence-corrected chi connectivity index (χ2v) is 20.1.